The number of hydrogen-bond acceptors (Lipinski definition) is 4. The maximum absolute atomic E-state index is 12.0. The number of carbonyl (C=O) groups excluding carboxylic acids is 2. The maximum Gasteiger partial charge on any atom is 0.261 e. The van der Waals surface area contributed by atoms with Crippen LogP contribution in [0.25, 0.3) is 0 Å². The molecule has 2 rings (SSSR count). The van der Waals surface area contributed by atoms with Crippen molar-refractivity contribution in [1.82, 2.24) is 15.5 Å². The second-order valence-corrected chi connectivity index (χ2v) is 6.99. The molecule has 134 valence electrons. The van der Waals surface area contributed by atoms with Crippen LogP contribution >= 0.6 is 11.3 Å². The summed E-state index contributed by atoms with van der Waals surface area (Å²) in [5.74, 6) is -0.411. The van der Waals surface area contributed by atoms with Gasteiger partial charge in [-0.25, -0.2) is 0 Å². The van der Waals surface area contributed by atoms with Crippen LogP contribution in [0.15, 0.2) is 41.8 Å². The van der Waals surface area contributed by atoms with E-state index >= 15 is 0 Å². The van der Waals surface area contributed by atoms with Crippen LogP contribution in [0.4, 0.5) is 0 Å². The molecule has 1 heterocycles. The van der Waals surface area contributed by atoms with Crippen LogP contribution in [0.3, 0.4) is 0 Å². The minimum atomic E-state index is -0.218. The lowest BCUT2D eigenvalue weighted by Crippen LogP contribution is -2.40. The van der Waals surface area contributed by atoms with Crippen LogP contribution in [0.2, 0.25) is 0 Å². The van der Waals surface area contributed by atoms with Gasteiger partial charge in [0.2, 0.25) is 5.91 Å². The fourth-order valence-electron chi connectivity index (χ4n) is 2.50. The Morgan fingerprint density at radius 2 is 1.84 bits per heavy atom. The van der Waals surface area contributed by atoms with Crippen LogP contribution < -0.4 is 10.6 Å². The molecule has 25 heavy (non-hydrogen) atoms. The van der Waals surface area contributed by atoms with Gasteiger partial charge in [0.05, 0.1) is 17.5 Å². The first-order chi connectivity index (χ1) is 12.0. The third kappa shape index (κ3) is 5.69. The lowest BCUT2D eigenvalue weighted by molar-refractivity contribution is -0.120. The number of aryl methyl sites for hydroxylation is 1. The first-order valence-electron chi connectivity index (χ1n) is 8.35. The van der Waals surface area contributed by atoms with E-state index in [1.54, 1.807) is 6.07 Å². The van der Waals surface area contributed by atoms with E-state index in [-0.39, 0.29) is 24.4 Å². The van der Waals surface area contributed by atoms with Crippen molar-refractivity contribution in [3.05, 3.63) is 57.8 Å². The summed E-state index contributed by atoms with van der Waals surface area (Å²) in [7, 11) is 3.98. The molecule has 2 aromatic rings. The van der Waals surface area contributed by atoms with E-state index in [2.05, 4.69) is 46.7 Å². The van der Waals surface area contributed by atoms with Gasteiger partial charge in [0.25, 0.3) is 5.91 Å². The van der Waals surface area contributed by atoms with Gasteiger partial charge in [-0.1, -0.05) is 37.3 Å². The van der Waals surface area contributed by atoms with E-state index in [1.165, 1.54) is 16.9 Å². The predicted molar refractivity (Wildman–Crippen MR) is 102 cm³/mol. The average molecular weight is 359 g/mol. The molecule has 5 nitrogen and oxygen atoms in total. The number of carbonyl (C=O) groups is 2. The van der Waals surface area contributed by atoms with E-state index in [0.29, 0.717) is 11.4 Å². The minimum absolute atomic E-state index is 0.0222. The summed E-state index contributed by atoms with van der Waals surface area (Å²) in [6.07, 6.45) is 1.01. The quantitative estimate of drug-likeness (QED) is 0.761. The Morgan fingerprint density at radius 1 is 1.12 bits per heavy atom. The SMILES string of the molecule is CCc1ccc(C(CNC(=O)CNC(=O)c2cccs2)N(C)C)cc1. The standard InChI is InChI=1S/C19H25N3O2S/c1-4-14-7-9-15(10-8-14)16(22(2)3)12-20-18(23)13-21-19(24)17-6-5-11-25-17/h5-11,16H,4,12-13H2,1-3H3,(H,20,23)(H,21,24). The van der Waals surface area contributed by atoms with Crippen LogP contribution in [-0.2, 0) is 11.2 Å². The molecule has 1 aromatic heterocycles. The van der Waals surface area contributed by atoms with E-state index in [4.69, 9.17) is 0 Å². The van der Waals surface area contributed by atoms with Crippen molar-refractivity contribution in [1.29, 1.82) is 0 Å². The number of likely N-dealkylation sites (N-methyl/N-ethyl adjacent to an activating group) is 1. The first-order valence-corrected chi connectivity index (χ1v) is 9.23. The molecule has 0 bridgehead atoms. The van der Waals surface area contributed by atoms with E-state index in [9.17, 15) is 9.59 Å². The molecule has 1 atom stereocenters. The predicted octanol–water partition coefficient (Wildman–Crippen LogP) is 2.46. The second-order valence-electron chi connectivity index (χ2n) is 6.04. The van der Waals surface area contributed by atoms with Crippen molar-refractivity contribution in [2.45, 2.75) is 19.4 Å². The van der Waals surface area contributed by atoms with Crippen LogP contribution in [0, 0.1) is 0 Å². The zero-order valence-electron chi connectivity index (χ0n) is 14.9. The Balaban J connectivity index is 1.85. The summed E-state index contributed by atoms with van der Waals surface area (Å²) in [4.78, 5) is 26.6. The largest absolute Gasteiger partial charge is 0.353 e. The van der Waals surface area contributed by atoms with Gasteiger partial charge in [-0.3, -0.25) is 9.59 Å². The van der Waals surface area contributed by atoms with E-state index in [1.807, 2.05) is 25.5 Å². The number of amides is 2. The average Bonchev–Trinajstić information content (AvgIpc) is 3.15. The van der Waals surface area contributed by atoms with Gasteiger partial charge < -0.3 is 15.5 Å². The normalized spacial score (nSPS) is 12.0. The van der Waals surface area contributed by atoms with Crippen molar-refractivity contribution in [3.63, 3.8) is 0 Å². The lowest BCUT2D eigenvalue weighted by atomic mass is 10.0. The number of benzene rings is 1. The van der Waals surface area contributed by atoms with Crippen molar-refractivity contribution >= 4 is 23.2 Å². The number of nitrogens with one attached hydrogen (secondary N) is 2. The summed E-state index contributed by atoms with van der Waals surface area (Å²) >= 11 is 1.35. The Kier molecular flexibility index (Phi) is 7.16. The smallest absolute Gasteiger partial charge is 0.261 e. The van der Waals surface area contributed by atoms with Gasteiger partial charge in [0, 0.05) is 6.54 Å². The summed E-state index contributed by atoms with van der Waals surface area (Å²) < 4.78 is 0. The zero-order valence-corrected chi connectivity index (χ0v) is 15.7. The number of hydrogen-bond donors (Lipinski definition) is 2. The molecule has 0 saturated carbocycles. The Hall–Kier alpha value is -2.18. The number of rotatable bonds is 8. The molecule has 1 aromatic carbocycles. The molecular weight excluding hydrogens is 334 g/mol. The molecule has 0 saturated heterocycles. The molecule has 0 aliphatic heterocycles. The molecule has 0 fully saturated rings. The highest BCUT2D eigenvalue weighted by molar-refractivity contribution is 7.12. The van der Waals surface area contributed by atoms with Crippen LogP contribution in [0.5, 0.6) is 0 Å². The van der Waals surface area contributed by atoms with Gasteiger partial charge in [-0.2, -0.15) is 0 Å². The van der Waals surface area contributed by atoms with Crippen LogP contribution in [-0.4, -0.2) is 43.9 Å². The molecular formula is C19H25N3O2S. The highest BCUT2D eigenvalue weighted by atomic mass is 32.1. The molecule has 0 radical (unpaired) electrons. The highest BCUT2D eigenvalue weighted by Crippen LogP contribution is 2.18. The summed E-state index contributed by atoms with van der Waals surface area (Å²) in [6, 6.07) is 12.1. The van der Waals surface area contributed by atoms with Crippen molar-refractivity contribution in [2.75, 3.05) is 27.2 Å². The third-order valence-electron chi connectivity index (χ3n) is 4.04. The Bertz CT molecular complexity index is 681. The fraction of sp³-hybridized carbons (Fsp3) is 0.368. The minimum Gasteiger partial charge on any atom is -0.353 e. The zero-order chi connectivity index (χ0) is 18.2. The van der Waals surface area contributed by atoms with Crippen molar-refractivity contribution in [3.8, 4) is 0 Å². The van der Waals surface area contributed by atoms with Crippen LogP contribution in [0.1, 0.15) is 33.8 Å². The van der Waals surface area contributed by atoms with E-state index < -0.39 is 0 Å². The molecule has 0 spiro atoms. The third-order valence-corrected chi connectivity index (χ3v) is 4.91. The Morgan fingerprint density at radius 3 is 2.40 bits per heavy atom. The molecule has 1 unspecified atom stereocenters. The monoisotopic (exact) mass is 359 g/mol. The number of thiophene rings is 1. The molecule has 2 N–H and O–H groups in total. The molecule has 0 aliphatic rings. The number of nitrogens with zero attached hydrogens (tertiary/aromatic N) is 1. The van der Waals surface area contributed by atoms with Gasteiger partial charge >= 0.3 is 0 Å². The topological polar surface area (TPSA) is 61.4 Å². The lowest BCUT2D eigenvalue weighted by Gasteiger charge is -2.25. The van der Waals surface area contributed by atoms with Gasteiger partial charge in [0.1, 0.15) is 0 Å². The molecule has 2 amide bonds. The maximum atomic E-state index is 12.0. The van der Waals surface area contributed by atoms with Crippen molar-refractivity contribution < 1.29 is 9.59 Å². The Labute approximate surface area is 153 Å². The summed E-state index contributed by atoms with van der Waals surface area (Å²) in [5, 5.41) is 7.37. The second kappa shape index (κ2) is 9.34. The van der Waals surface area contributed by atoms with Gasteiger partial charge in [-0.05, 0) is 43.1 Å². The van der Waals surface area contributed by atoms with E-state index in [0.717, 1.165) is 12.0 Å². The molecule has 0 aliphatic carbocycles. The van der Waals surface area contributed by atoms with Gasteiger partial charge in [0.15, 0.2) is 0 Å². The molecule has 6 heteroatoms. The van der Waals surface area contributed by atoms with Crippen molar-refractivity contribution in [2.24, 2.45) is 0 Å². The summed E-state index contributed by atoms with van der Waals surface area (Å²) in [6.45, 7) is 2.60. The van der Waals surface area contributed by atoms with Gasteiger partial charge in [-0.15, -0.1) is 11.3 Å². The summed E-state index contributed by atoms with van der Waals surface area (Å²) in [5.41, 5.74) is 2.45. The first kappa shape index (κ1) is 19.1. The fourth-order valence-corrected chi connectivity index (χ4v) is 3.14. The highest BCUT2D eigenvalue weighted by Gasteiger charge is 2.16.